The SMILES string of the molecule is C#C.C/C=C\C(=C/CCC[N-]OC(C)c1c(C)cc(OC)c(O)c1CO)OC.CC.CC.CC.N.Sc1ccccc1.[K+]. The molecule has 242 valence electrons. The summed E-state index contributed by atoms with van der Waals surface area (Å²) in [6.45, 7) is 17.9. The minimum absolute atomic E-state index is 0. The fraction of sp³-hybridized carbons (Fsp3) is 0.471. The van der Waals surface area contributed by atoms with Crippen LogP contribution < -0.4 is 62.3 Å². The summed E-state index contributed by atoms with van der Waals surface area (Å²) >= 11 is 4.08. The normalized spacial score (nSPS) is 9.88. The van der Waals surface area contributed by atoms with Crippen molar-refractivity contribution in [2.75, 3.05) is 20.8 Å². The van der Waals surface area contributed by atoms with E-state index in [1.54, 1.807) is 13.2 Å². The molecule has 0 saturated heterocycles. The maximum Gasteiger partial charge on any atom is 1.00 e. The fourth-order valence-electron chi connectivity index (χ4n) is 3.17. The van der Waals surface area contributed by atoms with Gasteiger partial charge in [0.05, 0.1) is 26.9 Å². The number of unbranched alkanes of at least 4 members (excludes halogenated alkanes) is 1. The van der Waals surface area contributed by atoms with Crippen LogP contribution in [0, 0.1) is 19.8 Å². The Labute approximate surface area is 312 Å². The topological polar surface area (TPSA) is 117 Å². The second kappa shape index (κ2) is 40.7. The molecule has 0 bridgehead atoms. The van der Waals surface area contributed by atoms with Crippen molar-refractivity contribution in [2.24, 2.45) is 0 Å². The number of aromatic hydroxyl groups is 1. The first-order valence-electron chi connectivity index (χ1n) is 14.2. The average Bonchev–Trinajstić information content (AvgIpc) is 3.03. The van der Waals surface area contributed by atoms with Crippen LogP contribution in [0.1, 0.15) is 91.0 Å². The second-order valence-electron chi connectivity index (χ2n) is 7.18. The smallest absolute Gasteiger partial charge is 0.534 e. The van der Waals surface area contributed by atoms with Crippen molar-refractivity contribution in [2.45, 2.75) is 92.8 Å². The molecule has 0 aliphatic carbocycles. The van der Waals surface area contributed by atoms with Gasteiger partial charge >= 0.3 is 51.4 Å². The summed E-state index contributed by atoms with van der Waals surface area (Å²) < 4.78 is 10.3. The third-order valence-corrected chi connectivity index (χ3v) is 5.05. The number of methoxy groups -OCH3 is 2. The van der Waals surface area contributed by atoms with E-state index in [1.807, 2.05) is 111 Å². The number of allylic oxidation sites excluding steroid dienone is 3. The van der Waals surface area contributed by atoms with E-state index < -0.39 is 0 Å². The van der Waals surface area contributed by atoms with Crippen LogP contribution in [0.25, 0.3) is 5.48 Å². The molecule has 0 saturated carbocycles. The molecule has 9 heteroatoms. The monoisotopic (exact) mass is 646 g/mol. The third-order valence-electron chi connectivity index (χ3n) is 4.76. The van der Waals surface area contributed by atoms with E-state index in [0.717, 1.165) is 34.6 Å². The van der Waals surface area contributed by atoms with Crippen LogP contribution in [0.4, 0.5) is 0 Å². The van der Waals surface area contributed by atoms with Crippen molar-refractivity contribution in [3.8, 4) is 24.3 Å². The van der Waals surface area contributed by atoms with Gasteiger partial charge in [-0.25, -0.2) is 0 Å². The molecule has 0 aliphatic rings. The number of terminal acetylenes is 1. The Balaban J connectivity index is -0.000000168. The Bertz CT molecular complexity index is 939. The molecule has 0 spiro atoms. The maximum atomic E-state index is 10.2. The minimum atomic E-state index is -0.387. The number of hydrogen-bond donors (Lipinski definition) is 4. The number of ether oxygens (including phenoxy) is 2. The van der Waals surface area contributed by atoms with E-state index in [4.69, 9.17) is 14.3 Å². The number of aliphatic hydroxyl groups excluding tert-OH is 1. The standard InChI is InChI=1S/C20H30NO5.C6H6S.3C2H6.C2H2.K.H3N/c1-6-9-16(24-4)10-7-8-11-21-26-15(3)19-14(2)12-18(25-5)20(23)17(19)13-22;7-6-4-2-1-3-5-6;4*1-2;;/h6,9-10,12,15,22-23H,7-8,11,13H2,1-5H3;1-5,7H;3*1-2H3;1-2H;;1H3/q-1;;;;;;+1;/b9-6-,16-10+;;;;;;;. The zero-order chi connectivity index (χ0) is 32.6. The van der Waals surface area contributed by atoms with Crippen LogP contribution in [0.5, 0.6) is 11.5 Å². The van der Waals surface area contributed by atoms with E-state index in [2.05, 4.69) is 31.0 Å². The Morgan fingerprint density at radius 1 is 1.05 bits per heavy atom. The molecule has 2 aromatic rings. The molecule has 2 rings (SSSR count). The number of aliphatic hydroxyl groups is 1. The van der Waals surface area contributed by atoms with Gasteiger partial charge in [-0.05, 0) is 68.7 Å². The van der Waals surface area contributed by atoms with Crippen molar-refractivity contribution in [1.82, 2.24) is 6.15 Å². The van der Waals surface area contributed by atoms with Gasteiger partial charge in [-0.3, -0.25) is 0 Å². The Kier molecular flexibility index (Phi) is 51.3. The molecule has 2 aromatic carbocycles. The van der Waals surface area contributed by atoms with Gasteiger partial charge in [0.2, 0.25) is 0 Å². The third kappa shape index (κ3) is 25.7. The van der Waals surface area contributed by atoms with Crippen LogP contribution >= 0.6 is 12.6 Å². The van der Waals surface area contributed by atoms with Gasteiger partial charge in [-0.1, -0.05) is 72.2 Å². The van der Waals surface area contributed by atoms with Crippen LogP contribution in [0.2, 0.25) is 0 Å². The van der Waals surface area contributed by atoms with E-state index in [0.29, 0.717) is 17.9 Å². The number of benzene rings is 2. The predicted molar refractivity (Wildman–Crippen MR) is 185 cm³/mol. The zero-order valence-corrected chi connectivity index (χ0v) is 33.0. The number of nitrogens with zero attached hydrogens (tertiary/aromatic N) is 1. The summed E-state index contributed by atoms with van der Waals surface area (Å²) in [4.78, 5) is 6.57. The molecule has 0 aliphatic heterocycles. The van der Waals surface area contributed by atoms with Crippen molar-refractivity contribution in [3.63, 3.8) is 0 Å². The number of aryl methyl sites for hydroxylation is 1. The van der Waals surface area contributed by atoms with Crippen molar-refractivity contribution in [1.29, 1.82) is 0 Å². The van der Waals surface area contributed by atoms with Crippen LogP contribution in [0.3, 0.4) is 0 Å². The molecule has 0 aromatic heterocycles. The first-order chi connectivity index (χ1) is 19.9. The van der Waals surface area contributed by atoms with E-state index >= 15 is 0 Å². The minimum Gasteiger partial charge on any atom is -0.534 e. The van der Waals surface area contributed by atoms with Gasteiger partial charge in [-0.15, -0.1) is 32.0 Å². The summed E-state index contributed by atoms with van der Waals surface area (Å²) in [6, 6.07) is 11.5. The molecule has 0 radical (unpaired) electrons. The molecular weight excluding hydrogens is 588 g/mol. The zero-order valence-electron chi connectivity index (χ0n) is 29.0. The van der Waals surface area contributed by atoms with E-state index in [1.165, 1.54) is 7.11 Å². The van der Waals surface area contributed by atoms with Gasteiger partial charge in [0.25, 0.3) is 0 Å². The van der Waals surface area contributed by atoms with E-state index in [9.17, 15) is 10.2 Å². The largest absolute Gasteiger partial charge is 1.00 e. The molecule has 0 heterocycles. The Morgan fingerprint density at radius 2 is 1.58 bits per heavy atom. The molecular formula is C34H59KN2O5S. The summed E-state index contributed by atoms with van der Waals surface area (Å²) in [5.41, 5.74) is 6.12. The Hall–Kier alpha value is -1.29. The Morgan fingerprint density at radius 3 is 1.98 bits per heavy atom. The van der Waals surface area contributed by atoms with Gasteiger partial charge in [0.1, 0.15) is 5.76 Å². The van der Waals surface area contributed by atoms with Gasteiger partial charge in [-0.2, -0.15) is 0 Å². The molecule has 0 amide bonds. The van der Waals surface area contributed by atoms with Crippen LogP contribution in [-0.4, -0.2) is 31.0 Å². The number of phenols is 1. The second-order valence-corrected chi connectivity index (χ2v) is 7.70. The fourth-order valence-corrected chi connectivity index (χ4v) is 3.34. The van der Waals surface area contributed by atoms with Crippen LogP contribution in [-0.2, 0) is 16.2 Å². The number of thiol groups is 1. The predicted octanol–water partition coefficient (Wildman–Crippen LogP) is 6.92. The number of rotatable bonds is 11. The van der Waals surface area contributed by atoms with Gasteiger partial charge < -0.3 is 36.2 Å². The first kappa shape index (κ1) is 54.2. The van der Waals surface area contributed by atoms with Crippen molar-refractivity contribution >= 4 is 12.6 Å². The summed E-state index contributed by atoms with van der Waals surface area (Å²) in [5.74, 6) is 1.10. The molecule has 7 nitrogen and oxygen atoms in total. The van der Waals surface area contributed by atoms with Gasteiger partial charge in [0.15, 0.2) is 11.5 Å². The van der Waals surface area contributed by atoms with E-state index in [-0.39, 0.29) is 76.0 Å². The quantitative estimate of drug-likeness (QED) is 0.0400. The molecule has 1 unspecified atom stereocenters. The average molecular weight is 647 g/mol. The van der Waals surface area contributed by atoms with Crippen LogP contribution in [0.15, 0.2) is 65.3 Å². The molecule has 1 atom stereocenters. The summed E-state index contributed by atoms with van der Waals surface area (Å²) in [6.07, 6.45) is 15.1. The summed E-state index contributed by atoms with van der Waals surface area (Å²) in [7, 11) is 3.12. The summed E-state index contributed by atoms with van der Waals surface area (Å²) in [5, 5.41) is 19.8. The molecule has 43 heavy (non-hydrogen) atoms. The molecule has 0 fully saturated rings. The van der Waals surface area contributed by atoms with Gasteiger partial charge in [0, 0.05) is 10.5 Å². The molecule has 5 N–H and O–H groups in total. The maximum absolute atomic E-state index is 10.2. The number of hydroxylamine groups is 1. The van der Waals surface area contributed by atoms with Crippen molar-refractivity contribution < 1.29 is 75.9 Å². The number of hydrogen-bond acceptors (Lipinski definition) is 7. The first-order valence-corrected chi connectivity index (χ1v) is 14.6. The van der Waals surface area contributed by atoms with Crippen molar-refractivity contribution in [3.05, 3.63) is 82.6 Å².